The molecule has 2 aromatic carbocycles. The molecule has 0 aliphatic heterocycles. The number of methoxy groups -OCH3 is 1. The molecule has 0 radical (unpaired) electrons. The molecule has 3 aromatic rings. The molecule has 0 aliphatic rings. The van der Waals surface area contributed by atoms with E-state index in [2.05, 4.69) is 15.3 Å². The number of fused-ring (bicyclic) bond motifs is 1. The summed E-state index contributed by atoms with van der Waals surface area (Å²) in [7, 11) is -2.15. The Kier molecular flexibility index (Phi) is 8.78. The number of rotatable bonds is 9. The van der Waals surface area contributed by atoms with E-state index in [9.17, 15) is 21.6 Å². The molecule has 186 valence electrons. The first-order chi connectivity index (χ1) is 15.6. The van der Waals surface area contributed by atoms with Gasteiger partial charge >= 0.3 is 6.18 Å². The maximum Gasteiger partial charge on any atom is 0.422 e. The summed E-state index contributed by atoms with van der Waals surface area (Å²) in [5.41, 5.74) is 0.477. The molecule has 0 bridgehead atoms. The molecule has 1 aromatic heterocycles. The van der Waals surface area contributed by atoms with E-state index in [4.69, 9.17) is 14.2 Å². The predicted molar refractivity (Wildman–Crippen MR) is 124 cm³/mol. The van der Waals surface area contributed by atoms with E-state index in [0.29, 0.717) is 29.0 Å². The third-order valence-electron chi connectivity index (χ3n) is 4.56. The summed E-state index contributed by atoms with van der Waals surface area (Å²) in [5, 5.41) is 3.37. The molecular weight excluding hydrogens is 499 g/mol. The molecule has 0 amide bonds. The van der Waals surface area contributed by atoms with Gasteiger partial charge in [0.15, 0.2) is 27.9 Å². The number of halogens is 4. The van der Waals surface area contributed by atoms with Gasteiger partial charge in [-0.05, 0) is 31.2 Å². The van der Waals surface area contributed by atoms with Crippen LogP contribution < -0.4 is 19.5 Å². The Morgan fingerprint density at radius 2 is 1.74 bits per heavy atom. The number of sulfone groups is 1. The fourth-order valence-electron chi connectivity index (χ4n) is 2.97. The van der Waals surface area contributed by atoms with Gasteiger partial charge in [0, 0.05) is 11.5 Å². The Hall–Kier alpha value is -2.99. The molecular formula is C21H23ClF3N3O5S. The highest BCUT2D eigenvalue weighted by Gasteiger charge is 2.29. The Morgan fingerprint density at radius 3 is 2.35 bits per heavy atom. The van der Waals surface area contributed by atoms with Crippen molar-refractivity contribution in [3.8, 4) is 17.2 Å². The highest BCUT2D eigenvalue weighted by Crippen LogP contribution is 2.37. The third-order valence-corrected chi connectivity index (χ3v) is 6.29. The van der Waals surface area contributed by atoms with E-state index >= 15 is 0 Å². The number of nitrogens with one attached hydrogen (secondary N) is 1. The standard InChI is InChI=1S/C21H22F3N3O5S.ClH/c1-4-31-19-9-14-15(10-18(19)30-3)25-12-26-20(14)27-16-8-13(33(28,29)5-2)6-7-17(16)32-11-21(22,23)24;/h6-10,12H,4-5,11H2,1-3H3,(H,25,26,27);1H. The smallest absolute Gasteiger partial charge is 0.422 e. The molecule has 3 rings (SSSR count). The minimum atomic E-state index is -4.57. The third kappa shape index (κ3) is 6.32. The van der Waals surface area contributed by atoms with Crippen molar-refractivity contribution in [1.29, 1.82) is 0 Å². The molecule has 1 heterocycles. The van der Waals surface area contributed by atoms with Crippen LogP contribution in [0.3, 0.4) is 0 Å². The van der Waals surface area contributed by atoms with Gasteiger partial charge in [-0.25, -0.2) is 18.4 Å². The summed E-state index contributed by atoms with van der Waals surface area (Å²) in [6.45, 7) is 2.09. The van der Waals surface area contributed by atoms with Crippen LogP contribution in [0.5, 0.6) is 17.2 Å². The molecule has 1 N–H and O–H groups in total. The van der Waals surface area contributed by atoms with Crippen LogP contribution in [0.1, 0.15) is 13.8 Å². The van der Waals surface area contributed by atoms with Gasteiger partial charge in [-0.3, -0.25) is 0 Å². The van der Waals surface area contributed by atoms with Gasteiger partial charge in [0.05, 0.1) is 35.6 Å². The maximum absolute atomic E-state index is 12.7. The van der Waals surface area contributed by atoms with Crippen LogP contribution in [0.2, 0.25) is 0 Å². The molecule has 0 unspecified atom stereocenters. The number of alkyl halides is 3. The molecule has 0 aliphatic carbocycles. The average molecular weight is 522 g/mol. The van der Waals surface area contributed by atoms with Crippen LogP contribution in [0.15, 0.2) is 41.6 Å². The number of hydrogen-bond acceptors (Lipinski definition) is 8. The fraction of sp³-hybridized carbons (Fsp3) is 0.333. The van der Waals surface area contributed by atoms with Crippen molar-refractivity contribution in [1.82, 2.24) is 9.97 Å². The lowest BCUT2D eigenvalue weighted by atomic mass is 10.2. The van der Waals surface area contributed by atoms with Crippen LogP contribution in [-0.2, 0) is 9.84 Å². The van der Waals surface area contributed by atoms with Gasteiger partial charge in [0.25, 0.3) is 0 Å². The molecule has 0 spiro atoms. The van der Waals surface area contributed by atoms with Crippen LogP contribution in [0, 0.1) is 0 Å². The van der Waals surface area contributed by atoms with Crippen LogP contribution in [-0.4, -0.2) is 50.6 Å². The molecule has 0 saturated carbocycles. The highest BCUT2D eigenvalue weighted by atomic mass is 35.5. The summed E-state index contributed by atoms with van der Waals surface area (Å²) >= 11 is 0. The highest BCUT2D eigenvalue weighted by molar-refractivity contribution is 7.91. The lowest BCUT2D eigenvalue weighted by Gasteiger charge is -2.17. The summed E-state index contributed by atoms with van der Waals surface area (Å²) < 4.78 is 78.7. The van der Waals surface area contributed by atoms with Crippen molar-refractivity contribution in [3.05, 3.63) is 36.7 Å². The van der Waals surface area contributed by atoms with Crippen molar-refractivity contribution >= 4 is 44.7 Å². The average Bonchev–Trinajstić information content (AvgIpc) is 2.77. The number of anilines is 2. The topological polar surface area (TPSA) is 99.6 Å². The van der Waals surface area contributed by atoms with Crippen molar-refractivity contribution < 1.29 is 35.8 Å². The Morgan fingerprint density at radius 1 is 1.00 bits per heavy atom. The second-order valence-corrected chi connectivity index (χ2v) is 9.04. The van der Waals surface area contributed by atoms with E-state index in [1.807, 2.05) is 0 Å². The molecule has 34 heavy (non-hydrogen) atoms. The molecule has 8 nitrogen and oxygen atoms in total. The summed E-state index contributed by atoms with van der Waals surface area (Å²) in [5.74, 6) is 0.711. The minimum absolute atomic E-state index is 0. The molecule has 13 heteroatoms. The van der Waals surface area contributed by atoms with Gasteiger partial charge in [-0.15, -0.1) is 12.4 Å². The second kappa shape index (κ2) is 11.0. The number of aromatic nitrogens is 2. The first-order valence-electron chi connectivity index (χ1n) is 9.87. The maximum atomic E-state index is 12.7. The Bertz CT molecular complexity index is 1260. The first kappa shape index (κ1) is 27.3. The van der Waals surface area contributed by atoms with Crippen molar-refractivity contribution in [3.63, 3.8) is 0 Å². The summed E-state index contributed by atoms with van der Waals surface area (Å²) in [6.07, 6.45) is -3.32. The number of nitrogens with zero attached hydrogens (tertiary/aromatic N) is 2. The van der Waals surface area contributed by atoms with E-state index in [1.165, 1.54) is 38.6 Å². The van der Waals surface area contributed by atoms with Gasteiger partial charge in [-0.1, -0.05) is 6.92 Å². The lowest BCUT2D eigenvalue weighted by Crippen LogP contribution is -2.19. The Labute approximate surface area is 200 Å². The zero-order valence-corrected chi connectivity index (χ0v) is 20.1. The fourth-order valence-corrected chi connectivity index (χ4v) is 3.88. The first-order valence-corrected chi connectivity index (χ1v) is 11.5. The van der Waals surface area contributed by atoms with Crippen molar-refractivity contribution in [2.75, 3.05) is 31.4 Å². The molecule has 0 fully saturated rings. The zero-order valence-electron chi connectivity index (χ0n) is 18.5. The number of benzene rings is 2. The van der Waals surface area contributed by atoms with E-state index in [1.54, 1.807) is 19.1 Å². The summed E-state index contributed by atoms with van der Waals surface area (Å²) in [6, 6.07) is 6.85. The second-order valence-electron chi connectivity index (χ2n) is 6.77. The van der Waals surface area contributed by atoms with Gasteiger partial charge in [0.1, 0.15) is 17.9 Å². The monoisotopic (exact) mass is 521 g/mol. The largest absolute Gasteiger partial charge is 0.493 e. The Balaban J connectivity index is 0.00000408. The van der Waals surface area contributed by atoms with Crippen LogP contribution >= 0.6 is 12.4 Å². The van der Waals surface area contributed by atoms with Crippen molar-refractivity contribution in [2.24, 2.45) is 0 Å². The van der Waals surface area contributed by atoms with Gasteiger partial charge in [-0.2, -0.15) is 13.2 Å². The number of ether oxygens (including phenoxy) is 3. The van der Waals surface area contributed by atoms with Gasteiger partial charge < -0.3 is 19.5 Å². The predicted octanol–water partition coefficient (Wildman–Crippen LogP) is 4.94. The lowest BCUT2D eigenvalue weighted by molar-refractivity contribution is -0.153. The zero-order chi connectivity index (χ0) is 24.2. The quantitative estimate of drug-likeness (QED) is 0.423. The van der Waals surface area contributed by atoms with E-state index in [0.717, 1.165) is 0 Å². The molecule has 0 saturated heterocycles. The van der Waals surface area contributed by atoms with E-state index in [-0.39, 0.29) is 40.3 Å². The summed E-state index contributed by atoms with van der Waals surface area (Å²) in [4.78, 5) is 8.30. The van der Waals surface area contributed by atoms with E-state index < -0.39 is 22.6 Å². The van der Waals surface area contributed by atoms with Crippen LogP contribution in [0.4, 0.5) is 24.7 Å². The normalized spacial score (nSPS) is 11.6. The minimum Gasteiger partial charge on any atom is -0.493 e. The SMILES string of the molecule is CCOc1cc2c(Nc3cc(S(=O)(=O)CC)ccc3OCC(F)(F)F)ncnc2cc1OC.Cl. The number of hydrogen-bond donors (Lipinski definition) is 1. The molecule has 0 atom stereocenters. The van der Waals surface area contributed by atoms with Crippen molar-refractivity contribution in [2.45, 2.75) is 24.9 Å². The van der Waals surface area contributed by atoms with Crippen LogP contribution in [0.25, 0.3) is 10.9 Å². The van der Waals surface area contributed by atoms with Gasteiger partial charge in [0.2, 0.25) is 0 Å².